The second kappa shape index (κ2) is 7.84. The van der Waals surface area contributed by atoms with E-state index in [0.717, 1.165) is 11.4 Å². The first-order valence-corrected chi connectivity index (χ1v) is 8.99. The largest absolute Gasteiger partial charge is 0.351 e. The maximum atomic E-state index is 12.5. The fourth-order valence-corrected chi connectivity index (χ4v) is 3.21. The molecule has 1 aromatic carbocycles. The molecule has 9 heteroatoms. The van der Waals surface area contributed by atoms with Gasteiger partial charge in [-0.3, -0.25) is 15.0 Å². The van der Waals surface area contributed by atoms with Crippen molar-refractivity contribution in [2.24, 2.45) is 0 Å². The standard InChI is InChI=1S/C17H19ClN6OS/c1-10(2)24-14(21-23-17(24)26)7-8-19-16(25)13-9-20-22-15(13)11-3-5-12(18)6-4-11/h3-6,9-10H,7-8H2,1-2H3,(H,19,25)(H,20,22)(H,23,26). The Labute approximate surface area is 160 Å². The van der Waals surface area contributed by atoms with Crippen LogP contribution in [-0.2, 0) is 6.42 Å². The second-order valence-electron chi connectivity index (χ2n) is 6.08. The molecule has 0 aliphatic carbocycles. The van der Waals surface area contributed by atoms with E-state index in [4.69, 9.17) is 23.8 Å². The van der Waals surface area contributed by atoms with Crippen molar-refractivity contribution in [3.63, 3.8) is 0 Å². The SMILES string of the molecule is CC(C)n1c(CCNC(=O)c2cn[nH]c2-c2ccc(Cl)cc2)n[nH]c1=S. The van der Waals surface area contributed by atoms with Gasteiger partial charge in [-0.2, -0.15) is 10.2 Å². The summed E-state index contributed by atoms with van der Waals surface area (Å²) < 4.78 is 2.53. The van der Waals surface area contributed by atoms with Crippen LogP contribution in [0.3, 0.4) is 0 Å². The summed E-state index contributed by atoms with van der Waals surface area (Å²) >= 11 is 11.1. The summed E-state index contributed by atoms with van der Waals surface area (Å²) in [5.74, 6) is 0.615. The van der Waals surface area contributed by atoms with Crippen LogP contribution in [0.2, 0.25) is 5.02 Å². The number of nitrogens with zero attached hydrogens (tertiary/aromatic N) is 3. The van der Waals surface area contributed by atoms with Crippen LogP contribution in [0.25, 0.3) is 11.3 Å². The minimum atomic E-state index is -0.200. The second-order valence-corrected chi connectivity index (χ2v) is 6.90. The van der Waals surface area contributed by atoms with Crippen molar-refractivity contribution in [3.05, 3.63) is 51.6 Å². The third-order valence-corrected chi connectivity index (χ3v) is 4.48. The predicted molar refractivity (Wildman–Crippen MR) is 103 cm³/mol. The first kappa shape index (κ1) is 18.3. The number of carbonyl (C=O) groups excluding carboxylic acids is 1. The molecule has 0 atom stereocenters. The molecular formula is C17H19ClN6OS. The number of H-pyrrole nitrogens is 2. The van der Waals surface area contributed by atoms with Gasteiger partial charge in [0.1, 0.15) is 5.82 Å². The van der Waals surface area contributed by atoms with E-state index in [9.17, 15) is 4.79 Å². The molecule has 1 amide bonds. The molecule has 3 aromatic rings. The number of nitrogens with one attached hydrogen (secondary N) is 3. The maximum Gasteiger partial charge on any atom is 0.255 e. The molecule has 7 nitrogen and oxygen atoms in total. The van der Waals surface area contributed by atoms with Gasteiger partial charge in [0.15, 0.2) is 4.77 Å². The number of aromatic amines is 2. The highest BCUT2D eigenvalue weighted by atomic mass is 35.5. The van der Waals surface area contributed by atoms with Crippen LogP contribution in [-0.4, -0.2) is 37.4 Å². The first-order chi connectivity index (χ1) is 12.5. The summed E-state index contributed by atoms with van der Waals surface area (Å²) in [4.78, 5) is 12.5. The fourth-order valence-electron chi connectivity index (χ4n) is 2.72. The Morgan fingerprint density at radius 3 is 2.73 bits per heavy atom. The number of carbonyl (C=O) groups is 1. The van der Waals surface area contributed by atoms with Crippen LogP contribution in [0.1, 0.15) is 36.1 Å². The molecule has 2 aromatic heterocycles. The van der Waals surface area contributed by atoms with E-state index in [1.165, 1.54) is 6.20 Å². The minimum absolute atomic E-state index is 0.200. The van der Waals surface area contributed by atoms with E-state index >= 15 is 0 Å². The smallest absolute Gasteiger partial charge is 0.255 e. The molecule has 0 fully saturated rings. The lowest BCUT2D eigenvalue weighted by Crippen LogP contribution is -2.26. The van der Waals surface area contributed by atoms with Gasteiger partial charge in [-0.1, -0.05) is 23.7 Å². The molecule has 0 saturated heterocycles. The molecule has 0 aliphatic rings. The van der Waals surface area contributed by atoms with Gasteiger partial charge in [-0.25, -0.2) is 0 Å². The average molecular weight is 391 g/mol. The fraction of sp³-hybridized carbons (Fsp3) is 0.294. The summed E-state index contributed by atoms with van der Waals surface area (Å²) in [5.41, 5.74) is 1.98. The third kappa shape index (κ3) is 3.86. The zero-order chi connectivity index (χ0) is 18.7. The van der Waals surface area contributed by atoms with Gasteiger partial charge in [0.25, 0.3) is 5.91 Å². The van der Waals surface area contributed by atoms with Crippen LogP contribution in [0.15, 0.2) is 30.5 Å². The summed E-state index contributed by atoms with van der Waals surface area (Å²) in [6.45, 7) is 4.52. The van der Waals surface area contributed by atoms with Gasteiger partial charge in [0.2, 0.25) is 0 Å². The van der Waals surface area contributed by atoms with Gasteiger partial charge in [0.05, 0.1) is 17.5 Å². The molecule has 0 aliphatic heterocycles. The van der Waals surface area contributed by atoms with Gasteiger partial charge < -0.3 is 9.88 Å². The first-order valence-electron chi connectivity index (χ1n) is 8.20. The molecule has 2 heterocycles. The molecule has 3 rings (SSSR count). The molecule has 26 heavy (non-hydrogen) atoms. The van der Waals surface area contributed by atoms with Gasteiger partial charge in [-0.15, -0.1) is 0 Å². The van der Waals surface area contributed by atoms with Crippen LogP contribution in [0.4, 0.5) is 0 Å². The van der Waals surface area contributed by atoms with Crippen molar-refractivity contribution < 1.29 is 4.79 Å². The number of hydrogen-bond donors (Lipinski definition) is 3. The zero-order valence-electron chi connectivity index (χ0n) is 14.4. The molecule has 0 radical (unpaired) electrons. The highest BCUT2D eigenvalue weighted by Crippen LogP contribution is 2.22. The number of rotatable bonds is 6. The average Bonchev–Trinajstić information content (AvgIpc) is 3.22. The summed E-state index contributed by atoms with van der Waals surface area (Å²) in [5, 5.41) is 17.4. The lowest BCUT2D eigenvalue weighted by atomic mass is 10.1. The third-order valence-electron chi connectivity index (χ3n) is 3.94. The van der Waals surface area contributed by atoms with Crippen LogP contribution in [0, 0.1) is 4.77 Å². The Bertz CT molecular complexity index is 956. The van der Waals surface area contributed by atoms with Gasteiger partial charge >= 0.3 is 0 Å². The van der Waals surface area contributed by atoms with Crippen LogP contribution >= 0.6 is 23.8 Å². The molecule has 0 bridgehead atoms. The lowest BCUT2D eigenvalue weighted by Gasteiger charge is -2.10. The van der Waals surface area contributed by atoms with Crippen molar-refractivity contribution in [1.29, 1.82) is 0 Å². The Hall–Kier alpha value is -2.45. The highest BCUT2D eigenvalue weighted by Gasteiger charge is 2.16. The molecule has 3 N–H and O–H groups in total. The van der Waals surface area contributed by atoms with E-state index < -0.39 is 0 Å². The Kier molecular flexibility index (Phi) is 5.53. The van der Waals surface area contributed by atoms with Crippen molar-refractivity contribution >= 4 is 29.7 Å². The molecule has 136 valence electrons. The number of halogens is 1. The number of hydrogen-bond acceptors (Lipinski definition) is 4. The van der Waals surface area contributed by atoms with E-state index in [0.29, 0.717) is 34.0 Å². The molecule has 0 saturated carbocycles. The predicted octanol–water partition coefficient (Wildman–Crippen LogP) is 3.54. The summed E-state index contributed by atoms with van der Waals surface area (Å²) in [7, 11) is 0. The lowest BCUT2D eigenvalue weighted by molar-refractivity contribution is 0.0954. The van der Waals surface area contributed by atoms with Crippen molar-refractivity contribution in [2.75, 3.05) is 6.54 Å². The van der Waals surface area contributed by atoms with Crippen molar-refractivity contribution in [2.45, 2.75) is 26.3 Å². The quantitative estimate of drug-likeness (QED) is 0.561. The van der Waals surface area contributed by atoms with Crippen molar-refractivity contribution in [1.82, 2.24) is 30.3 Å². The zero-order valence-corrected chi connectivity index (χ0v) is 16.0. The molecule has 0 spiro atoms. The highest BCUT2D eigenvalue weighted by molar-refractivity contribution is 7.71. The monoisotopic (exact) mass is 390 g/mol. The molecule has 0 unspecified atom stereocenters. The van der Waals surface area contributed by atoms with Crippen LogP contribution in [0.5, 0.6) is 0 Å². The number of aromatic nitrogens is 5. The van der Waals surface area contributed by atoms with E-state index in [1.807, 2.05) is 30.5 Å². The van der Waals surface area contributed by atoms with E-state index in [2.05, 4.69) is 25.7 Å². The maximum absolute atomic E-state index is 12.5. The normalized spacial score (nSPS) is 11.1. The summed E-state index contributed by atoms with van der Waals surface area (Å²) in [6, 6.07) is 7.43. The Morgan fingerprint density at radius 2 is 2.04 bits per heavy atom. The van der Waals surface area contributed by atoms with Gasteiger partial charge in [0, 0.05) is 29.6 Å². The number of benzene rings is 1. The minimum Gasteiger partial charge on any atom is -0.351 e. The van der Waals surface area contributed by atoms with Crippen LogP contribution < -0.4 is 5.32 Å². The summed E-state index contributed by atoms with van der Waals surface area (Å²) in [6.07, 6.45) is 2.09. The Balaban J connectivity index is 1.68. The topological polar surface area (TPSA) is 91.4 Å². The van der Waals surface area contributed by atoms with E-state index in [1.54, 1.807) is 12.1 Å². The number of amides is 1. The molecular weight excluding hydrogens is 372 g/mol. The van der Waals surface area contributed by atoms with E-state index in [-0.39, 0.29) is 11.9 Å². The Morgan fingerprint density at radius 1 is 1.31 bits per heavy atom. The van der Waals surface area contributed by atoms with Gasteiger partial charge in [-0.05, 0) is 38.2 Å². The van der Waals surface area contributed by atoms with Crippen molar-refractivity contribution in [3.8, 4) is 11.3 Å².